The first-order chi connectivity index (χ1) is 13.5. The van der Waals surface area contributed by atoms with Gasteiger partial charge in [-0.2, -0.15) is 5.26 Å². The molecule has 146 valence electrons. The monoisotopic (exact) mass is 377 g/mol. The first kappa shape index (κ1) is 21.0. The first-order valence-corrected chi connectivity index (χ1v) is 9.51. The molecule has 0 radical (unpaired) electrons. The standard InChI is InChI=1S/C23H27N3O2/c1-5-26(6-2)21-12-10-18(11-13-21)14-19(16-24)23(27)25-20-8-7-9-22(15-20)28-17(3)4/h7-15,17H,5-6H2,1-4H3,(H,25,27)/b19-14-. The molecule has 5 heteroatoms. The van der Waals surface area contributed by atoms with Gasteiger partial charge >= 0.3 is 0 Å². The summed E-state index contributed by atoms with van der Waals surface area (Å²) in [5, 5.41) is 12.2. The van der Waals surface area contributed by atoms with Crippen LogP contribution in [-0.2, 0) is 4.79 Å². The van der Waals surface area contributed by atoms with Gasteiger partial charge in [-0.25, -0.2) is 0 Å². The molecule has 0 aliphatic rings. The fraction of sp³-hybridized carbons (Fsp3) is 0.304. The fourth-order valence-electron chi connectivity index (χ4n) is 2.80. The van der Waals surface area contributed by atoms with Crippen LogP contribution in [0.5, 0.6) is 5.75 Å². The van der Waals surface area contributed by atoms with Gasteiger partial charge in [-0.1, -0.05) is 18.2 Å². The number of amides is 1. The predicted octanol–water partition coefficient (Wildman–Crippen LogP) is 4.87. The number of nitrogens with one attached hydrogen (secondary N) is 1. The zero-order valence-electron chi connectivity index (χ0n) is 16.9. The minimum atomic E-state index is -0.447. The Morgan fingerprint density at radius 3 is 2.43 bits per heavy atom. The van der Waals surface area contributed by atoms with Gasteiger partial charge in [-0.05, 0) is 63.6 Å². The third-order valence-corrected chi connectivity index (χ3v) is 4.16. The molecule has 0 aliphatic heterocycles. The lowest BCUT2D eigenvalue weighted by Crippen LogP contribution is -2.21. The Bertz CT molecular complexity index is 860. The number of rotatable bonds is 8. The summed E-state index contributed by atoms with van der Waals surface area (Å²) in [6.07, 6.45) is 1.63. The van der Waals surface area contributed by atoms with Crippen molar-refractivity contribution >= 4 is 23.4 Å². The Kier molecular flexibility index (Phi) is 7.65. The van der Waals surface area contributed by atoms with Crippen molar-refractivity contribution in [2.24, 2.45) is 0 Å². The Morgan fingerprint density at radius 2 is 1.86 bits per heavy atom. The lowest BCUT2D eigenvalue weighted by Gasteiger charge is -2.20. The maximum atomic E-state index is 12.5. The predicted molar refractivity (Wildman–Crippen MR) is 114 cm³/mol. The highest BCUT2D eigenvalue weighted by Crippen LogP contribution is 2.20. The maximum absolute atomic E-state index is 12.5. The van der Waals surface area contributed by atoms with Gasteiger partial charge in [0.1, 0.15) is 17.4 Å². The number of anilines is 2. The molecule has 0 aromatic heterocycles. The van der Waals surface area contributed by atoms with E-state index < -0.39 is 5.91 Å². The number of nitrogens with zero attached hydrogens (tertiary/aromatic N) is 2. The van der Waals surface area contributed by atoms with Crippen molar-refractivity contribution in [3.8, 4) is 11.8 Å². The second kappa shape index (κ2) is 10.2. The van der Waals surface area contributed by atoms with Crippen LogP contribution in [0, 0.1) is 11.3 Å². The van der Waals surface area contributed by atoms with Crippen LogP contribution < -0.4 is 15.0 Å². The Morgan fingerprint density at radius 1 is 1.18 bits per heavy atom. The number of hydrogen-bond donors (Lipinski definition) is 1. The number of nitriles is 1. The molecule has 0 atom stereocenters. The average Bonchev–Trinajstić information content (AvgIpc) is 2.67. The van der Waals surface area contributed by atoms with Crippen LogP contribution in [-0.4, -0.2) is 25.1 Å². The number of ether oxygens (including phenoxy) is 1. The highest BCUT2D eigenvalue weighted by atomic mass is 16.5. The van der Waals surface area contributed by atoms with Crippen LogP contribution in [0.25, 0.3) is 6.08 Å². The van der Waals surface area contributed by atoms with Crippen molar-refractivity contribution in [3.63, 3.8) is 0 Å². The molecule has 2 rings (SSSR count). The van der Waals surface area contributed by atoms with Gasteiger partial charge in [0.15, 0.2) is 0 Å². The highest BCUT2D eigenvalue weighted by molar-refractivity contribution is 6.09. The summed E-state index contributed by atoms with van der Waals surface area (Å²) in [7, 11) is 0. The highest BCUT2D eigenvalue weighted by Gasteiger charge is 2.11. The molecular formula is C23H27N3O2. The van der Waals surface area contributed by atoms with E-state index >= 15 is 0 Å². The summed E-state index contributed by atoms with van der Waals surface area (Å²) in [5.41, 5.74) is 2.55. The Balaban J connectivity index is 2.14. The summed E-state index contributed by atoms with van der Waals surface area (Å²) >= 11 is 0. The van der Waals surface area contributed by atoms with Crippen LogP contribution in [0.4, 0.5) is 11.4 Å². The SMILES string of the molecule is CCN(CC)c1ccc(/C=C(/C#N)C(=O)Nc2cccc(OC(C)C)c2)cc1. The second-order valence-corrected chi connectivity index (χ2v) is 6.58. The fourth-order valence-corrected chi connectivity index (χ4v) is 2.80. The summed E-state index contributed by atoms with van der Waals surface area (Å²) in [5.74, 6) is 0.222. The summed E-state index contributed by atoms with van der Waals surface area (Å²) in [4.78, 5) is 14.7. The summed E-state index contributed by atoms with van der Waals surface area (Å²) in [6, 6.07) is 16.9. The van der Waals surface area contributed by atoms with Gasteiger partial charge in [0.05, 0.1) is 6.10 Å². The topological polar surface area (TPSA) is 65.4 Å². The molecule has 28 heavy (non-hydrogen) atoms. The molecule has 0 heterocycles. The lowest BCUT2D eigenvalue weighted by molar-refractivity contribution is -0.112. The van der Waals surface area contributed by atoms with Gasteiger partial charge in [0, 0.05) is 30.5 Å². The molecule has 0 bridgehead atoms. The van der Waals surface area contributed by atoms with Crippen molar-refractivity contribution in [3.05, 3.63) is 59.7 Å². The van der Waals surface area contributed by atoms with Crippen molar-refractivity contribution in [1.82, 2.24) is 0 Å². The van der Waals surface area contributed by atoms with Crippen molar-refractivity contribution in [1.29, 1.82) is 5.26 Å². The molecular weight excluding hydrogens is 350 g/mol. The molecule has 2 aromatic carbocycles. The van der Waals surface area contributed by atoms with Gasteiger partial charge < -0.3 is 15.0 Å². The van der Waals surface area contributed by atoms with Gasteiger partial charge in [0.2, 0.25) is 0 Å². The maximum Gasteiger partial charge on any atom is 0.266 e. The number of carbonyl (C=O) groups excluding carboxylic acids is 1. The smallest absolute Gasteiger partial charge is 0.266 e. The molecule has 1 amide bonds. The minimum Gasteiger partial charge on any atom is -0.491 e. The van der Waals surface area contributed by atoms with Crippen molar-refractivity contribution in [2.45, 2.75) is 33.8 Å². The van der Waals surface area contributed by atoms with Crippen molar-refractivity contribution < 1.29 is 9.53 Å². The summed E-state index contributed by atoms with van der Waals surface area (Å²) < 4.78 is 5.63. The second-order valence-electron chi connectivity index (χ2n) is 6.58. The largest absolute Gasteiger partial charge is 0.491 e. The number of hydrogen-bond acceptors (Lipinski definition) is 4. The van der Waals surface area contributed by atoms with E-state index in [-0.39, 0.29) is 11.7 Å². The molecule has 0 saturated carbocycles. The quantitative estimate of drug-likeness (QED) is 0.527. The number of benzene rings is 2. The molecule has 0 spiro atoms. The zero-order valence-corrected chi connectivity index (χ0v) is 16.9. The van der Waals surface area contributed by atoms with E-state index in [0.29, 0.717) is 11.4 Å². The van der Waals surface area contributed by atoms with Gasteiger partial charge in [0.25, 0.3) is 5.91 Å². The molecule has 5 nitrogen and oxygen atoms in total. The molecule has 0 unspecified atom stereocenters. The van der Waals surface area contributed by atoms with Crippen LogP contribution in [0.1, 0.15) is 33.3 Å². The van der Waals surface area contributed by atoms with Crippen LogP contribution in [0.15, 0.2) is 54.1 Å². The third kappa shape index (κ3) is 5.88. The van der Waals surface area contributed by atoms with Crippen LogP contribution in [0.2, 0.25) is 0 Å². The molecule has 0 fully saturated rings. The Labute approximate surface area is 167 Å². The lowest BCUT2D eigenvalue weighted by atomic mass is 10.1. The molecule has 2 aromatic rings. The van der Waals surface area contributed by atoms with Crippen LogP contribution >= 0.6 is 0 Å². The van der Waals surface area contributed by atoms with E-state index in [0.717, 1.165) is 24.3 Å². The summed E-state index contributed by atoms with van der Waals surface area (Å²) in [6.45, 7) is 9.95. The van der Waals surface area contributed by atoms with Crippen molar-refractivity contribution in [2.75, 3.05) is 23.3 Å². The van der Waals surface area contributed by atoms with E-state index in [9.17, 15) is 10.1 Å². The van der Waals surface area contributed by atoms with E-state index in [2.05, 4.69) is 24.1 Å². The van der Waals surface area contributed by atoms with E-state index in [1.807, 2.05) is 50.2 Å². The molecule has 0 saturated heterocycles. The van der Waals surface area contributed by atoms with E-state index in [1.54, 1.807) is 24.3 Å². The molecule has 1 N–H and O–H groups in total. The Hall–Kier alpha value is -3.26. The normalized spacial score (nSPS) is 11.1. The minimum absolute atomic E-state index is 0.0415. The van der Waals surface area contributed by atoms with E-state index in [4.69, 9.17) is 4.74 Å². The third-order valence-electron chi connectivity index (χ3n) is 4.16. The number of carbonyl (C=O) groups is 1. The molecule has 0 aliphatic carbocycles. The first-order valence-electron chi connectivity index (χ1n) is 9.51. The average molecular weight is 377 g/mol. The van der Waals surface area contributed by atoms with Crippen LogP contribution in [0.3, 0.4) is 0 Å². The van der Waals surface area contributed by atoms with E-state index in [1.165, 1.54) is 0 Å². The van der Waals surface area contributed by atoms with Gasteiger partial charge in [-0.15, -0.1) is 0 Å². The zero-order chi connectivity index (χ0) is 20.5. The van der Waals surface area contributed by atoms with Gasteiger partial charge in [-0.3, -0.25) is 4.79 Å².